The SMILES string of the molecule is O=C(COC(=O)c1ccc(-c2ccc(F)cc2)o1)NC(=O)NCc1ccccc1. The fraction of sp³-hybridized carbons (Fsp3) is 0.0952. The molecule has 29 heavy (non-hydrogen) atoms. The molecule has 0 radical (unpaired) electrons. The largest absolute Gasteiger partial charge is 0.450 e. The molecule has 2 N–H and O–H groups in total. The highest BCUT2D eigenvalue weighted by atomic mass is 19.1. The predicted molar refractivity (Wildman–Crippen MR) is 101 cm³/mol. The molecule has 0 aliphatic carbocycles. The third kappa shape index (κ3) is 5.77. The van der Waals surface area contributed by atoms with Crippen LogP contribution in [0.3, 0.4) is 0 Å². The molecule has 0 saturated carbocycles. The number of nitrogens with one attached hydrogen (secondary N) is 2. The fourth-order valence-corrected chi connectivity index (χ4v) is 2.40. The first kappa shape index (κ1) is 19.8. The van der Waals surface area contributed by atoms with Crippen molar-refractivity contribution in [1.29, 1.82) is 0 Å². The van der Waals surface area contributed by atoms with Crippen LogP contribution in [-0.2, 0) is 16.1 Å². The summed E-state index contributed by atoms with van der Waals surface area (Å²) < 4.78 is 23.2. The molecule has 0 bridgehead atoms. The molecule has 0 aliphatic rings. The molecule has 0 aliphatic heterocycles. The van der Waals surface area contributed by atoms with Crippen molar-refractivity contribution in [3.8, 4) is 11.3 Å². The third-order valence-corrected chi connectivity index (χ3v) is 3.82. The second-order valence-electron chi connectivity index (χ2n) is 5.96. The minimum atomic E-state index is -0.863. The Balaban J connectivity index is 1.44. The van der Waals surface area contributed by atoms with Gasteiger partial charge in [0.2, 0.25) is 5.76 Å². The first-order valence-corrected chi connectivity index (χ1v) is 8.66. The van der Waals surface area contributed by atoms with Crippen molar-refractivity contribution in [3.63, 3.8) is 0 Å². The third-order valence-electron chi connectivity index (χ3n) is 3.82. The maximum atomic E-state index is 13.0. The summed E-state index contributed by atoms with van der Waals surface area (Å²) in [5.74, 6) is -1.81. The zero-order chi connectivity index (χ0) is 20.6. The maximum absolute atomic E-state index is 13.0. The van der Waals surface area contributed by atoms with Gasteiger partial charge in [0.15, 0.2) is 6.61 Å². The first-order valence-electron chi connectivity index (χ1n) is 8.66. The molecule has 8 heteroatoms. The van der Waals surface area contributed by atoms with Gasteiger partial charge >= 0.3 is 12.0 Å². The van der Waals surface area contributed by atoms with Crippen molar-refractivity contribution >= 4 is 17.9 Å². The zero-order valence-corrected chi connectivity index (χ0v) is 15.2. The topological polar surface area (TPSA) is 97.6 Å². The number of hydrogen-bond acceptors (Lipinski definition) is 5. The number of hydrogen-bond donors (Lipinski definition) is 2. The van der Waals surface area contributed by atoms with E-state index < -0.39 is 30.3 Å². The van der Waals surface area contributed by atoms with Crippen molar-refractivity contribution in [2.45, 2.75) is 6.54 Å². The van der Waals surface area contributed by atoms with E-state index in [1.54, 1.807) is 0 Å². The van der Waals surface area contributed by atoms with Gasteiger partial charge < -0.3 is 14.5 Å². The summed E-state index contributed by atoms with van der Waals surface area (Å²) in [6.45, 7) is -0.400. The Morgan fingerprint density at radius 1 is 0.931 bits per heavy atom. The van der Waals surface area contributed by atoms with Gasteiger partial charge in [0, 0.05) is 12.1 Å². The van der Waals surface area contributed by atoms with E-state index in [-0.39, 0.29) is 12.3 Å². The van der Waals surface area contributed by atoms with E-state index >= 15 is 0 Å². The molecule has 2 aromatic carbocycles. The van der Waals surface area contributed by atoms with Crippen LogP contribution >= 0.6 is 0 Å². The van der Waals surface area contributed by atoms with E-state index in [1.165, 1.54) is 36.4 Å². The highest BCUT2D eigenvalue weighted by Crippen LogP contribution is 2.22. The standard InChI is InChI=1S/C21H17FN2O5/c22-16-8-6-15(7-9-16)17-10-11-18(29-17)20(26)28-13-19(25)24-21(27)23-12-14-4-2-1-3-5-14/h1-11H,12-13H2,(H2,23,24,25,27). The summed E-state index contributed by atoms with van der Waals surface area (Å²) in [5.41, 5.74) is 1.45. The van der Waals surface area contributed by atoms with Crippen molar-refractivity contribution in [2.75, 3.05) is 6.61 Å². The van der Waals surface area contributed by atoms with Crippen LogP contribution in [-0.4, -0.2) is 24.5 Å². The average molecular weight is 396 g/mol. The van der Waals surface area contributed by atoms with Crippen LogP contribution in [0, 0.1) is 5.82 Å². The minimum absolute atomic E-state index is 0.120. The van der Waals surface area contributed by atoms with Gasteiger partial charge in [-0.1, -0.05) is 30.3 Å². The molecule has 0 atom stereocenters. The molecule has 3 rings (SSSR count). The Kier molecular flexibility index (Phi) is 6.36. The van der Waals surface area contributed by atoms with Crippen LogP contribution in [0.4, 0.5) is 9.18 Å². The number of halogens is 1. The summed E-state index contributed by atoms with van der Waals surface area (Å²) >= 11 is 0. The Morgan fingerprint density at radius 3 is 2.38 bits per heavy atom. The van der Waals surface area contributed by atoms with Gasteiger partial charge in [-0.3, -0.25) is 10.1 Å². The number of amides is 3. The second-order valence-corrected chi connectivity index (χ2v) is 5.96. The van der Waals surface area contributed by atoms with E-state index in [2.05, 4.69) is 10.6 Å². The minimum Gasteiger partial charge on any atom is -0.450 e. The van der Waals surface area contributed by atoms with E-state index in [4.69, 9.17) is 9.15 Å². The van der Waals surface area contributed by atoms with Crippen LogP contribution in [0.1, 0.15) is 16.1 Å². The molecule has 3 amide bonds. The molecule has 3 aromatic rings. The second kappa shape index (κ2) is 9.32. The number of urea groups is 1. The fourth-order valence-electron chi connectivity index (χ4n) is 2.40. The van der Waals surface area contributed by atoms with Gasteiger partial charge in [-0.05, 0) is 42.0 Å². The number of imide groups is 1. The number of esters is 1. The first-order chi connectivity index (χ1) is 14.0. The quantitative estimate of drug-likeness (QED) is 0.624. The molecule has 0 saturated heterocycles. The Hall–Kier alpha value is -3.94. The van der Waals surface area contributed by atoms with Crippen molar-refractivity contribution < 1.29 is 27.9 Å². The van der Waals surface area contributed by atoms with Gasteiger partial charge in [0.1, 0.15) is 11.6 Å². The highest BCUT2D eigenvalue weighted by molar-refractivity contribution is 5.96. The van der Waals surface area contributed by atoms with Gasteiger partial charge in [0.25, 0.3) is 5.91 Å². The monoisotopic (exact) mass is 396 g/mol. The summed E-state index contributed by atoms with van der Waals surface area (Å²) in [6.07, 6.45) is 0. The lowest BCUT2D eigenvalue weighted by Gasteiger charge is -2.07. The summed E-state index contributed by atoms with van der Waals surface area (Å²) in [6, 6.07) is 16.9. The Labute approximate surface area is 165 Å². The molecule has 7 nitrogen and oxygen atoms in total. The summed E-state index contributed by atoms with van der Waals surface area (Å²) in [4.78, 5) is 35.4. The predicted octanol–water partition coefficient (Wildman–Crippen LogP) is 3.27. The van der Waals surface area contributed by atoms with Crippen molar-refractivity contribution in [1.82, 2.24) is 10.6 Å². The Bertz CT molecular complexity index is 999. The summed E-state index contributed by atoms with van der Waals surface area (Å²) in [7, 11) is 0. The number of carbonyl (C=O) groups excluding carboxylic acids is 3. The van der Waals surface area contributed by atoms with Gasteiger partial charge in [-0.2, -0.15) is 0 Å². The Morgan fingerprint density at radius 2 is 1.66 bits per heavy atom. The molecule has 0 unspecified atom stereocenters. The van der Waals surface area contributed by atoms with E-state index in [0.29, 0.717) is 11.3 Å². The molecular weight excluding hydrogens is 379 g/mol. The lowest BCUT2D eigenvalue weighted by molar-refractivity contribution is -0.123. The average Bonchev–Trinajstić information content (AvgIpc) is 3.22. The molecule has 1 heterocycles. The molecule has 0 fully saturated rings. The molecule has 0 spiro atoms. The van der Waals surface area contributed by atoms with E-state index in [9.17, 15) is 18.8 Å². The van der Waals surface area contributed by atoms with Gasteiger partial charge in [0.05, 0.1) is 0 Å². The number of rotatable bonds is 6. The molecule has 148 valence electrons. The van der Waals surface area contributed by atoms with Crippen LogP contribution in [0.2, 0.25) is 0 Å². The van der Waals surface area contributed by atoms with E-state index in [1.807, 2.05) is 30.3 Å². The summed E-state index contributed by atoms with van der Waals surface area (Å²) in [5, 5.41) is 4.58. The van der Waals surface area contributed by atoms with Crippen LogP contribution in [0.15, 0.2) is 71.1 Å². The van der Waals surface area contributed by atoms with Gasteiger partial charge in [-0.25, -0.2) is 14.0 Å². The van der Waals surface area contributed by atoms with Crippen LogP contribution in [0.5, 0.6) is 0 Å². The van der Waals surface area contributed by atoms with Gasteiger partial charge in [-0.15, -0.1) is 0 Å². The highest BCUT2D eigenvalue weighted by Gasteiger charge is 2.16. The van der Waals surface area contributed by atoms with Crippen LogP contribution in [0.25, 0.3) is 11.3 Å². The number of furan rings is 1. The lowest BCUT2D eigenvalue weighted by Crippen LogP contribution is -2.41. The van der Waals surface area contributed by atoms with Crippen molar-refractivity contribution in [3.05, 3.63) is 83.9 Å². The maximum Gasteiger partial charge on any atom is 0.374 e. The van der Waals surface area contributed by atoms with Crippen LogP contribution < -0.4 is 10.6 Å². The molecule has 1 aromatic heterocycles. The molecular formula is C21H17FN2O5. The number of ether oxygens (including phenoxy) is 1. The normalized spacial score (nSPS) is 10.2. The lowest BCUT2D eigenvalue weighted by atomic mass is 10.2. The smallest absolute Gasteiger partial charge is 0.374 e. The number of benzene rings is 2. The number of carbonyl (C=O) groups is 3. The van der Waals surface area contributed by atoms with E-state index in [0.717, 1.165) is 5.56 Å². The van der Waals surface area contributed by atoms with Crippen molar-refractivity contribution in [2.24, 2.45) is 0 Å². The zero-order valence-electron chi connectivity index (χ0n) is 15.2.